The molecule has 0 aliphatic heterocycles. The highest BCUT2D eigenvalue weighted by Crippen LogP contribution is 2.15. The van der Waals surface area contributed by atoms with E-state index in [-0.39, 0.29) is 17.5 Å². The number of carboxylic acids is 1. The van der Waals surface area contributed by atoms with Crippen LogP contribution >= 0.6 is 0 Å². The average molecular weight is 232 g/mol. The number of aromatic amines is 1. The monoisotopic (exact) mass is 232 g/mol. The van der Waals surface area contributed by atoms with E-state index >= 15 is 0 Å². The molecule has 2 N–H and O–H groups in total. The molecule has 0 fully saturated rings. The Balaban J connectivity index is 2.77. The third-order valence-corrected chi connectivity index (χ3v) is 2.69. The molecule has 17 heavy (non-hydrogen) atoms. The van der Waals surface area contributed by atoms with E-state index in [9.17, 15) is 9.59 Å². The summed E-state index contributed by atoms with van der Waals surface area (Å²) in [6, 6.07) is 3.57. The van der Waals surface area contributed by atoms with Crippen molar-refractivity contribution >= 4 is 17.0 Å². The van der Waals surface area contributed by atoms with E-state index in [0.29, 0.717) is 16.6 Å². The second-order valence-electron chi connectivity index (χ2n) is 3.98. The molecule has 0 radical (unpaired) electrons. The van der Waals surface area contributed by atoms with Crippen molar-refractivity contribution in [2.45, 2.75) is 20.3 Å². The quantitative estimate of drug-likeness (QED) is 0.814. The van der Waals surface area contributed by atoms with Crippen LogP contribution in [0.2, 0.25) is 0 Å². The lowest BCUT2D eigenvalue weighted by Gasteiger charge is -2.06. The normalized spacial score (nSPS) is 10.7. The first kappa shape index (κ1) is 11.3. The van der Waals surface area contributed by atoms with Gasteiger partial charge in [0.2, 0.25) is 0 Å². The van der Waals surface area contributed by atoms with Crippen molar-refractivity contribution in [3.8, 4) is 0 Å². The Kier molecular flexibility index (Phi) is 2.67. The number of nitrogens with one attached hydrogen (secondary N) is 1. The second-order valence-corrected chi connectivity index (χ2v) is 3.98. The second kappa shape index (κ2) is 4.01. The number of hydrogen-bond donors (Lipinski definition) is 2. The number of rotatable bonds is 2. The van der Waals surface area contributed by atoms with Crippen molar-refractivity contribution in [2.24, 2.45) is 0 Å². The van der Waals surface area contributed by atoms with Gasteiger partial charge in [-0.1, -0.05) is 0 Å². The maximum atomic E-state index is 11.7. The molecule has 2 rings (SSSR count). The Morgan fingerprint density at radius 1 is 1.41 bits per heavy atom. The van der Waals surface area contributed by atoms with Gasteiger partial charge >= 0.3 is 5.97 Å². The summed E-state index contributed by atoms with van der Waals surface area (Å²) in [7, 11) is 0. The van der Waals surface area contributed by atoms with Crippen molar-refractivity contribution in [1.29, 1.82) is 0 Å². The molecule has 0 saturated heterocycles. The first-order valence-corrected chi connectivity index (χ1v) is 5.20. The van der Waals surface area contributed by atoms with Gasteiger partial charge in [-0.2, -0.15) is 0 Å². The molecule has 88 valence electrons. The Morgan fingerprint density at radius 3 is 2.76 bits per heavy atom. The fraction of sp³-hybridized carbons (Fsp3) is 0.250. The van der Waals surface area contributed by atoms with Gasteiger partial charge in [-0.05, 0) is 31.5 Å². The van der Waals surface area contributed by atoms with Crippen molar-refractivity contribution < 1.29 is 9.90 Å². The van der Waals surface area contributed by atoms with Crippen molar-refractivity contribution in [3.63, 3.8) is 0 Å². The summed E-state index contributed by atoms with van der Waals surface area (Å²) >= 11 is 0. The molecule has 0 spiro atoms. The summed E-state index contributed by atoms with van der Waals surface area (Å²) in [4.78, 5) is 29.4. The van der Waals surface area contributed by atoms with Crippen LogP contribution in [0, 0.1) is 13.8 Å². The Bertz CT molecular complexity index is 659. The highest BCUT2D eigenvalue weighted by molar-refractivity contribution is 5.80. The van der Waals surface area contributed by atoms with E-state index in [2.05, 4.69) is 9.97 Å². The number of carbonyl (C=O) groups is 1. The van der Waals surface area contributed by atoms with Crippen LogP contribution in [0.1, 0.15) is 16.8 Å². The SMILES string of the molecule is Cc1ccc2[nH]c(=O)c(CC(=O)O)c(C)c2n1. The molecule has 2 heterocycles. The third-order valence-electron chi connectivity index (χ3n) is 2.69. The molecular formula is C12H12N2O3. The molecule has 5 heteroatoms. The van der Waals surface area contributed by atoms with E-state index < -0.39 is 5.97 Å². The van der Waals surface area contributed by atoms with Crippen molar-refractivity contribution in [3.05, 3.63) is 39.3 Å². The zero-order valence-corrected chi connectivity index (χ0v) is 9.57. The fourth-order valence-corrected chi connectivity index (χ4v) is 1.82. The standard InChI is InChI=1S/C12H12N2O3/c1-6-3-4-9-11(13-6)7(2)8(5-10(15)16)12(17)14-9/h3-4H,5H2,1-2H3,(H,14,17)(H,15,16). The summed E-state index contributed by atoms with van der Waals surface area (Å²) in [5, 5.41) is 8.77. The predicted molar refractivity (Wildman–Crippen MR) is 63.2 cm³/mol. The van der Waals surface area contributed by atoms with Crippen LogP contribution in [0.15, 0.2) is 16.9 Å². The van der Waals surface area contributed by atoms with E-state index in [1.165, 1.54) is 0 Å². The molecule has 0 amide bonds. The number of pyridine rings is 2. The summed E-state index contributed by atoms with van der Waals surface area (Å²) < 4.78 is 0. The van der Waals surface area contributed by atoms with Crippen LogP contribution in [0.4, 0.5) is 0 Å². The number of H-pyrrole nitrogens is 1. The highest BCUT2D eigenvalue weighted by Gasteiger charge is 2.13. The fourth-order valence-electron chi connectivity index (χ4n) is 1.82. The van der Waals surface area contributed by atoms with Crippen LogP contribution in [0.25, 0.3) is 11.0 Å². The van der Waals surface area contributed by atoms with Crippen LogP contribution in [0.3, 0.4) is 0 Å². The Hall–Kier alpha value is -2.17. The summed E-state index contributed by atoms with van der Waals surface area (Å²) in [6.07, 6.45) is -0.285. The minimum absolute atomic E-state index is 0.267. The zero-order chi connectivity index (χ0) is 12.6. The van der Waals surface area contributed by atoms with Gasteiger partial charge in [0, 0.05) is 11.3 Å². The van der Waals surface area contributed by atoms with Crippen LogP contribution in [-0.2, 0) is 11.2 Å². The lowest BCUT2D eigenvalue weighted by atomic mass is 10.1. The predicted octanol–water partition coefficient (Wildman–Crippen LogP) is 1.17. The maximum Gasteiger partial charge on any atom is 0.308 e. The Labute approximate surface area is 97.1 Å². The minimum Gasteiger partial charge on any atom is -0.481 e. The van der Waals surface area contributed by atoms with E-state index in [0.717, 1.165) is 5.69 Å². The molecule has 0 aliphatic rings. The summed E-state index contributed by atoms with van der Waals surface area (Å²) in [5.74, 6) is -1.02. The molecule has 0 atom stereocenters. The van der Waals surface area contributed by atoms with Gasteiger partial charge in [0.15, 0.2) is 0 Å². The van der Waals surface area contributed by atoms with Gasteiger partial charge in [-0.3, -0.25) is 14.6 Å². The van der Waals surface area contributed by atoms with Gasteiger partial charge in [-0.15, -0.1) is 0 Å². The molecule has 2 aromatic heterocycles. The van der Waals surface area contributed by atoms with E-state index in [1.807, 2.05) is 6.92 Å². The molecule has 0 unspecified atom stereocenters. The number of aliphatic carboxylic acids is 1. The zero-order valence-electron chi connectivity index (χ0n) is 9.57. The summed E-state index contributed by atoms with van der Waals surface area (Å²) in [6.45, 7) is 3.57. The molecule has 0 aliphatic carbocycles. The number of hydrogen-bond acceptors (Lipinski definition) is 3. The first-order valence-electron chi connectivity index (χ1n) is 5.20. The van der Waals surface area contributed by atoms with Gasteiger partial charge in [-0.25, -0.2) is 0 Å². The molecular weight excluding hydrogens is 220 g/mol. The number of carboxylic acid groups (broad SMARTS) is 1. The van der Waals surface area contributed by atoms with Crippen LogP contribution in [-0.4, -0.2) is 21.0 Å². The molecule has 0 aromatic carbocycles. The maximum absolute atomic E-state index is 11.7. The number of nitrogens with zero attached hydrogens (tertiary/aromatic N) is 1. The molecule has 0 saturated carbocycles. The molecule has 5 nitrogen and oxygen atoms in total. The summed E-state index contributed by atoms with van der Waals surface area (Å²) in [5.41, 5.74) is 2.66. The number of fused-ring (bicyclic) bond motifs is 1. The molecule has 0 bridgehead atoms. The van der Waals surface area contributed by atoms with Gasteiger partial charge < -0.3 is 10.1 Å². The topological polar surface area (TPSA) is 83.0 Å². The largest absolute Gasteiger partial charge is 0.481 e. The van der Waals surface area contributed by atoms with Crippen LogP contribution in [0.5, 0.6) is 0 Å². The van der Waals surface area contributed by atoms with Crippen molar-refractivity contribution in [2.75, 3.05) is 0 Å². The number of aromatic nitrogens is 2. The third kappa shape index (κ3) is 2.04. The number of aryl methyl sites for hydroxylation is 2. The lowest BCUT2D eigenvalue weighted by Crippen LogP contribution is -2.18. The lowest BCUT2D eigenvalue weighted by molar-refractivity contribution is -0.136. The van der Waals surface area contributed by atoms with Crippen LogP contribution < -0.4 is 5.56 Å². The van der Waals surface area contributed by atoms with Gasteiger partial charge in [0.25, 0.3) is 5.56 Å². The smallest absolute Gasteiger partial charge is 0.308 e. The van der Waals surface area contributed by atoms with E-state index in [4.69, 9.17) is 5.11 Å². The van der Waals surface area contributed by atoms with Gasteiger partial charge in [0.05, 0.1) is 17.5 Å². The first-order chi connectivity index (χ1) is 7.99. The highest BCUT2D eigenvalue weighted by atomic mass is 16.4. The molecule has 2 aromatic rings. The van der Waals surface area contributed by atoms with Gasteiger partial charge in [0.1, 0.15) is 0 Å². The minimum atomic E-state index is -1.02. The van der Waals surface area contributed by atoms with E-state index in [1.54, 1.807) is 19.1 Å². The Morgan fingerprint density at radius 2 is 2.12 bits per heavy atom. The van der Waals surface area contributed by atoms with Crippen molar-refractivity contribution in [1.82, 2.24) is 9.97 Å². The average Bonchev–Trinajstić information content (AvgIpc) is 2.25.